The van der Waals surface area contributed by atoms with Gasteiger partial charge < -0.3 is 19.4 Å². The molecule has 2 N–H and O–H groups in total. The van der Waals surface area contributed by atoms with Crippen LogP contribution >= 0.6 is 15.9 Å². The first-order chi connectivity index (χ1) is 14.2. The van der Waals surface area contributed by atoms with Crippen LogP contribution in [0.2, 0.25) is 0 Å². The van der Waals surface area contributed by atoms with Crippen LogP contribution in [0.1, 0.15) is 37.3 Å². The number of anilines is 1. The van der Waals surface area contributed by atoms with Crippen molar-refractivity contribution >= 4 is 55.9 Å². The summed E-state index contributed by atoms with van der Waals surface area (Å²) in [5, 5.41) is 12.1. The van der Waals surface area contributed by atoms with Crippen molar-refractivity contribution in [3.05, 3.63) is 32.5 Å². The standard InChI is InChI=1S/C20H19BrN4O5/c1-9-12(21)6-5-11-14(9)25(10-3-4-10)16(26)13-15(11)30-18(22-13)24(2)17(27)20(7-8-20)23-19(28)29/h5-6,10,23H,3-4,7-8H2,1-2H3,(H,28,29). The molecule has 0 aliphatic heterocycles. The topological polar surface area (TPSA) is 118 Å². The number of rotatable bonds is 4. The number of nitrogens with one attached hydrogen (secondary N) is 1. The van der Waals surface area contributed by atoms with Crippen LogP contribution in [-0.4, -0.2) is 39.2 Å². The van der Waals surface area contributed by atoms with Crippen LogP contribution in [0.25, 0.3) is 22.0 Å². The van der Waals surface area contributed by atoms with Gasteiger partial charge >= 0.3 is 12.1 Å². The summed E-state index contributed by atoms with van der Waals surface area (Å²) in [5.74, 6) is -0.456. The van der Waals surface area contributed by atoms with E-state index >= 15 is 0 Å². The molecule has 2 amide bonds. The third-order valence-corrected chi connectivity index (χ3v) is 6.76. The number of fused-ring (bicyclic) bond motifs is 3. The van der Waals surface area contributed by atoms with Crippen LogP contribution in [-0.2, 0) is 4.79 Å². The van der Waals surface area contributed by atoms with E-state index in [2.05, 4.69) is 26.2 Å². The molecule has 2 aromatic heterocycles. The summed E-state index contributed by atoms with van der Waals surface area (Å²) < 4.78 is 8.59. The molecule has 2 saturated carbocycles. The highest BCUT2D eigenvalue weighted by molar-refractivity contribution is 9.10. The van der Waals surface area contributed by atoms with Crippen LogP contribution < -0.4 is 15.8 Å². The van der Waals surface area contributed by atoms with Gasteiger partial charge in [-0.3, -0.25) is 14.5 Å². The number of hydrogen-bond acceptors (Lipinski definition) is 5. The number of nitrogens with zero attached hydrogens (tertiary/aromatic N) is 3. The molecule has 2 aliphatic rings. The van der Waals surface area contributed by atoms with E-state index in [-0.39, 0.29) is 23.1 Å². The summed E-state index contributed by atoms with van der Waals surface area (Å²) in [6.07, 6.45) is 1.42. The van der Waals surface area contributed by atoms with Crippen molar-refractivity contribution in [2.45, 2.75) is 44.2 Å². The molecule has 0 saturated heterocycles. The monoisotopic (exact) mass is 474 g/mol. The molecule has 2 heterocycles. The number of hydrogen-bond donors (Lipinski definition) is 2. The van der Waals surface area contributed by atoms with E-state index in [4.69, 9.17) is 9.52 Å². The third kappa shape index (κ3) is 2.73. The molecule has 5 rings (SSSR count). The molecule has 0 spiro atoms. The van der Waals surface area contributed by atoms with Gasteiger partial charge in [-0.2, -0.15) is 4.98 Å². The Bertz CT molecular complexity index is 1300. The minimum atomic E-state index is -1.26. The van der Waals surface area contributed by atoms with Gasteiger partial charge in [-0.15, -0.1) is 0 Å². The number of carboxylic acid groups (broad SMARTS) is 1. The van der Waals surface area contributed by atoms with Gasteiger partial charge in [0.1, 0.15) is 5.54 Å². The molecular weight excluding hydrogens is 456 g/mol. The molecule has 9 nitrogen and oxygen atoms in total. The van der Waals surface area contributed by atoms with E-state index in [0.29, 0.717) is 18.4 Å². The van der Waals surface area contributed by atoms with E-state index < -0.39 is 17.5 Å². The number of pyridine rings is 1. The molecule has 2 aliphatic carbocycles. The largest absolute Gasteiger partial charge is 0.465 e. The number of carbonyl (C=O) groups is 2. The highest BCUT2D eigenvalue weighted by Crippen LogP contribution is 2.41. The van der Waals surface area contributed by atoms with Crippen LogP contribution in [0.5, 0.6) is 0 Å². The Labute approximate surface area is 178 Å². The number of aromatic nitrogens is 2. The fourth-order valence-electron chi connectivity index (χ4n) is 3.98. The summed E-state index contributed by atoms with van der Waals surface area (Å²) in [6.45, 7) is 1.94. The summed E-state index contributed by atoms with van der Waals surface area (Å²) in [4.78, 5) is 42.7. The van der Waals surface area contributed by atoms with Crippen LogP contribution in [0.15, 0.2) is 25.8 Å². The zero-order valence-corrected chi connectivity index (χ0v) is 17.9. The second-order valence-electron chi connectivity index (χ2n) is 8.03. The van der Waals surface area contributed by atoms with Gasteiger partial charge in [0.2, 0.25) is 0 Å². The SMILES string of the molecule is Cc1c(Br)ccc2c3oc(N(C)C(=O)C4(NC(=O)O)CC4)nc3c(=O)n(C3CC3)c12. The van der Waals surface area contributed by atoms with Crippen molar-refractivity contribution in [3.63, 3.8) is 0 Å². The van der Waals surface area contributed by atoms with Gasteiger partial charge in [-0.25, -0.2) is 4.79 Å². The van der Waals surface area contributed by atoms with Crippen LogP contribution in [0, 0.1) is 6.92 Å². The predicted molar refractivity (Wildman–Crippen MR) is 113 cm³/mol. The highest BCUT2D eigenvalue weighted by Gasteiger charge is 2.53. The Kier molecular flexibility index (Phi) is 4.02. The number of likely N-dealkylation sites (N-methyl/N-ethyl adjacent to an activating group) is 1. The van der Waals surface area contributed by atoms with E-state index in [9.17, 15) is 14.4 Å². The molecule has 2 fully saturated rings. The Morgan fingerprint density at radius 2 is 2.07 bits per heavy atom. The molecule has 0 bridgehead atoms. The van der Waals surface area contributed by atoms with Crippen LogP contribution in [0.4, 0.5) is 10.8 Å². The summed E-state index contributed by atoms with van der Waals surface area (Å²) in [7, 11) is 1.47. The van der Waals surface area contributed by atoms with Crippen molar-refractivity contribution in [3.8, 4) is 0 Å². The molecule has 156 valence electrons. The molecule has 3 aromatic rings. The minimum Gasteiger partial charge on any atom is -0.465 e. The number of carbonyl (C=O) groups excluding carboxylic acids is 1. The molecular formula is C20H19BrN4O5. The van der Waals surface area contributed by atoms with Crippen molar-refractivity contribution in [1.82, 2.24) is 14.9 Å². The van der Waals surface area contributed by atoms with E-state index in [1.165, 1.54) is 11.9 Å². The minimum absolute atomic E-state index is 0.0269. The summed E-state index contributed by atoms with van der Waals surface area (Å²) in [6, 6.07) is 3.87. The van der Waals surface area contributed by atoms with Crippen molar-refractivity contribution in [1.29, 1.82) is 0 Å². The lowest BCUT2D eigenvalue weighted by atomic mass is 10.1. The van der Waals surface area contributed by atoms with Gasteiger partial charge in [0, 0.05) is 22.9 Å². The Balaban J connectivity index is 1.68. The first-order valence-electron chi connectivity index (χ1n) is 9.66. The van der Waals surface area contributed by atoms with Crippen LogP contribution in [0.3, 0.4) is 0 Å². The Hall–Kier alpha value is -2.88. The normalized spacial score (nSPS) is 17.3. The zero-order valence-electron chi connectivity index (χ0n) is 16.4. The molecule has 0 atom stereocenters. The zero-order chi connectivity index (χ0) is 21.4. The first kappa shape index (κ1) is 19.1. The fourth-order valence-corrected chi connectivity index (χ4v) is 4.30. The maximum Gasteiger partial charge on any atom is 0.405 e. The van der Waals surface area contributed by atoms with E-state index in [1.54, 1.807) is 4.57 Å². The van der Waals surface area contributed by atoms with E-state index in [1.807, 2.05) is 19.1 Å². The lowest BCUT2D eigenvalue weighted by Crippen LogP contribution is -2.49. The molecule has 0 radical (unpaired) electrons. The average molecular weight is 475 g/mol. The first-order valence-corrected chi connectivity index (χ1v) is 10.5. The molecule has 1 aromatic carbocycles. The van der Waals surface area contributed by atoms with Gasteiger partial charge in [0.25, 0.3) is 11.5 Å². The van der Waals surface area contributed by atoms with Gasteiger partial charge in [0.15, 0.2) is 11.1 Å². The second kappa shape index (κ2) is 6.31. The lowest BCUT2D eigenvalue weighted by Gasteiger charge is -2.20. The number of halogens is 1. The maximum atomic E-state index is 13.3. The smallest absolute Gasteiger partial charge is 0.405 e. The predicted octanol–water partition coefficient (Wildman–Crippen LogP) is 3.31. The lowest BCUT2D eigenvalue weighted by molar-refractivity contribution is -0.121. The van der Waals surface area contributed by atoms with Crippen molar-refractivity contribution in [2.75, 3.05) is 11.9 Å². The molecule has 10 heteroatoms. The number of benzene rings is 1. The Morgan fingerprint density at radius 3 is 2.67 bits per heavy atom. The average Bonchev–Trinajstić information content (AvgIpc) is 3.62. The number of oxazole rings is 1. The number of amides is 2. The summed E-state index contributed by atoms with van der Waals surface area (Å²) in [5.41, 5.74) is 0.825. The highest BCUT2D eigenvalue weighted by atomic mass is 79.9. The van der Waals surface area contributed by atoms with Gasteiger partial charge in [-0.05, 0) is 50.3 Å². The van der Waals surface area contributed by atoms with Gasteiger partial charge in [-0.1, -0.05) is 15.9 Å². The van der Waals surface area contributed by atoms with E-state index in [0.717, 1.165) is 33.8 Å². The van der Waals surface area contributed by atoms with Crippen molar-refractivity contribution < 1.29 is 19.1 Å². The fraction of sp³-hybridized carbons (Fsp3) is 0.400. The summed E-state index contributed by atoms with van der Waals surface area (Å²) >= 11 is 3.54. The Morgan fingerprint density at radius 1 is 1.37 bits per heavy atom. The second-order valence-corrected chi connectivity index (χ2v) is 8.88. The number of aryl methyl sites for hydroxylation is 1. The molecule has 0 unspecified atom stereocenters. The van der Waals surface area contributed by atoms with Gasteiger partial charge in [0.05, 0.1) is 5.52 Å². The molecule has 30 heavy (non-hydrogen) atoms. The van der Waals surface area contributed by atoms with Crippen molar-refractivity contribution in [2.24, 2.45) is 0 Å². The quantitative estimate of drug-likeness (QED) is 0.598. The maximum absolute atomic E-state index is 13.3. The third-order valence-electron chi connectivity index (χ3n) is 5.90.